The maximum Gasteiger partial charge on any atom is 0.227 e. The number of thiophene rings is 1. The molecule has 47 heavy (non-hydrogen) atoms. The average molecular weight is 617 g/mol. The van der Waals surface area contributed by atoms with Crippen molar-refractivity contribution in [2.45, 2.75) is 0 Å². The fourth-order valence-corrected chi connectivity index (χ4v) is 9.00. The fraction of sp³-hybridized carbons (Fsp3) is 0. The molecule has 0 N–H and O–H groups in total. The third-order valence-corrected chi connectivity index (χ3v) is 11.0. The molecule has 218 valence electrons. The number of para-hydroxylation sites is 1. The number of fused-ring (bicyclic) bond motifs is 10. The van der Waals surface area contributed by atoms with Gasteiger partial charge in [-0.2, -0.15) is 0 Å². The third-order valence-electron chi connectivity index (χ3n) is 9.77. The van der Waals surface area contributed by atoms with Gasteiger partial charge in [0.25, 0.3) is 0 Å². The number of rotatable bonds is 3. The molecule has 0 atom stereocenters. The average Bonchev–Trinajstić information content (AvgIpc) is 3.89. The smallest absolute Gasteiger partial charge is 0.227 e. The van der Waals surface area contributed by atoms with Gasteiger partial charge in [-0.3, -0.25) is 0 Å². The van der Waals surface area contributed by atoms with E-state index < -0.39 is 0 Å². The lowest BCUT2D eigenvalue weighted by molar-refractivity contribution is 0.590. The van der Waals surface area contributed by atoms with E-state index in [1.807, 2.05) is 17.4 Å². The minimum Gasteiger partial charge on any atom is -0.435 e. The molecule has 3 heterocycles. The minimum atomic E-state index is 0.645. The first kappa shape index (κ1) is 25.2. The second kappa shape index (κ2) is 9.29. The van der Waals surface area contributed by atoms with Crippen LogP contribution in [-0.2, 0) is 0 Å². The van der Waals surface area contributed by atoms with E-state index in [0.717, 1.165) is 45.0 Å². The van der Waals surface area contributed by atoms with Crippen LogP contribution in [0.15, 0.2) is 150 Å². The van der Waals surface area contributed by atoms with Crippen LogP contribution in [0.25, 0.3) is 104 Å². The second-order valence-corrected chi connectivity index (χ2v) is 13.3. The third kappa shape index (κ3) is 3.42. The fourth-order valence-electron chi connectivity index (χ4n) is 7.76. The quantitative estimate of drug-likeness (QED) is 0.198. The van der Waals surface area contributed by atoms with E-state index in [1.54, 1.807) is 0 Å². The van der Waals surface area contributed by atoms with Crippen molar-refractivity contribution in [3.63, 3.8) is 0 Å². The van der Waals surface area contributed by atoms with E-state index in [2.05, 4.69) is 144 Å². The minimum absolute atomic E-state index is 0.645. The molecule has 1 aliphatic rings. The van der Waals surface area contributed by atoms with Crippen LogP contribution < -0.4 is 0 Å². The Labute approximate surface area is 273 Å². The molecule has 3 nitrogen and oxygen atoms in total. The van der Waals surface area contributed by atoms with Crippen molar-refractivity contribution in [2.75, 3.05) is 0 Å². The van der Waals surface area contributed by atoms with Crippen LogP contribution in [0.5, 0.6) is 0 Å². The predicted octanol–water partition coefficient (Wildman–Crippen LogP) is 12.3. The Hall–Kier alpha value is -5.97. The van der Waals surface area contributed by atoms with Crippen molar-refractivity contribution in [2.24, 2.45) is 0 Å². The molecule has 0 unspecified atom stereocenters. The van der Waals surface area contributed by atoms with Gasteiger partial charge in [-0.05, 0) is 46.8 Å². The Morgan fingerprint density at radius 1 is 0.553 bits per heavy atom. The van der Waals surface area contributed by atoms with Gasteiger partial charge in [0.2, 0.25) is 5.89 Å². The van der Waals surface area contributed by atoms with Gasteiger partial charge in [0, 0.05) is 54.0 Å². The van der Waals surface area contributed by atoms with E-state index >= 15 is 0 Å². The molecule has 0 fully saturated rings. The summed E-state index contributed by atoms with van der Waals surface area (Å²) in [5.74, 6) is 1.48. The van der Waals surface area contributed by atoms with E-state index in [0.29, 0.717) is 5.89 Å². The van der Waals surface area contributed by atoms with E-state index in [-0.39, 0.29) is 0 Å². The van der Waals surface area contributed by atoms with Gasteiger partial charge in [0.15, 0.2) is 5.76 Å². The zero-order chi connectivity index (χ0) is 30.6. The van der Waals surface area contributed by atoms with E-state index in [1.165, 1.54) is 52.8 Å². The largest absolute Gasteiger partial charge is 0.435 e. The number of oxazole rings is 1. The number of nitrogens with zero attached hydrogens (tertiary/aromatic N) is 2. The van der Waals surface area contributed by atoms with Crippen molar-refractivity contribution in [3.05, 3.63) is 146 Å². The van der Waals surface area contributed by atoms with Gasteiger partial charge in [0.1, 0.15) is 5.69 Å². The van der Waals surface area contributed by atoms with Gasteiger partial charge < -0.3 is 8.98 Å². The normalized spacial score (nSPS) is 12.3. The summed E-state index contributed by atoms with van der Waals surface area (Å²) >= 11 is 1.88. The number of aromatic nitrogens is 2. The Bertz CT molecular complexity index is 2910. The SMILES string of the molecule is c1ccc(-c2ccccc2-c2nc3c(o2)-c2cc(-n4c5ccccc5c5ccc6c7ccccc7sc6c54)cc4cccc-3c24)cc1. The van der Waals surface area contributed by atoms with Crippen molar-refractivity contribution in [1.29, 1.82) is 0 Å². The molecule has 0 radical (unpaired) electrons. The van der Waals surface area contributed by atoms with Crippen LogP contribution in [0, 0.1) is 0 Å². The van der Waals surface area contributed by atoms with Gasteiger partial charge >= 0.3 is 0 Å². The summed E-state index contributed by atoms with van der Waals surface area (Å²) in [5, 5.41) is 7.52. The van der Waals surface area contributed by atoms with Gasteiger partial charge in [-0.1, -0.05) is 115 Å². The van der Waals surface area contributed by atoms with Gasteiger partial charge in [-0.25, -0.2) is 4.98 Å². The summed E-state index contributed by atoms with van der Waals surface area (Å²) in [6.45, 7) is 0. The van der Waals surface area contributed by atoms with E-state index in [4.69, 9.17) is 9.40 Å². The maximum absolute atomic E-state index is 6.79. The van der Waals surface area contributed by atoms with Crippen LogP contribution >= 0.6 is 11.3 Å². The van der Waals surface area contributed by atoms with Gasteiger partial charge in [0.05, 0.1) is 15.7 Å². The first-order valence-corrected chi connectivity index (χ1v) is 16.7. The molecule has 0 amide bonds. The van der Waals surface area contributed by atoms with Crippen molar-refractivity contribution >= 4 is 64.1 Å². The van der Waals surface area contributed by atoms with Crippen molar-refractivity contribution < 1.29 is 4.42 Å². The lowest BCUT2D eigenvalue weighted by Gasteiger charge is -2.12. The molecule has 0 saturated heterocycles. The zero-order valence-electron chi connectivity index (χ0n) is 25.1. The van der Waals surface area contributed by atoms with Gasteiger partial charge in [-0.15, -0.1) is 11.3 Å². The standard InChI is InChI=1S/C43H24N2OS/c1-2-11-25(12-3-1)28-14-4-5-17-33(28)43-44-39-34-18-10-13-26-23-27(24-35(38(26)34)41(39)46-43)45-36-19-8-6-15-29(36)31-21-22-32-30-16-7-9-20-37(30)47-42(32)40(31)45/h1-24H. The van der Waals surface area contributed by atoms with E-state index in [9.17, 15) is 0 Å². The molecular formula is C43H24N2OS. The summed E-state index contributed by atoms with van der Waals surface area (Å²) in [6, 6.07) is 52.1. The molecule has 0 bridgehead atoms. The Morgan fingerprint density at radius 2 is 1.30 bits per heavy atom. The van der Waals surface area contributed by atoms with Crippen LogP contribution in [0.3, 0.4) is 0 Å². The lowest BCUT2D eigenvalue weighted by atomic mass is 9.99. The molecule has 1 aliphatic carbocycles. The summed E-state index contributed by atoms with van der Waals surface area (Å²) in [7, 11) is 0. The highest BCUT2D eigenvalue weighted by molar-refractivity contribution is 7.26. The molecular weight excluding hydrogens is 593 g/mol. The molecule has 11 rings (SSSR count). The van der Waals surface area contributed by atoms with Crippen LogP contribution in [0.2, 0.25) is 0 Å². The highest BCUT2D eigenvalue weighted by Gasteiger charge is 2.30. The topological polar surface area (TPSA) is 31.0 Å². The maximum atomic E-state index is 6.79. The first-order valence-electron chi connectivity index (χ1n) is 15.9. The Morgan fingerprint density at radius 3 is 2.21 bits per heavy atom. The van der Waals surface area contributed by atoms with Crippen molar-refractivity contribution in [3.8, 4) is 50.8 Å². The molecule has 0 aliphatic heterocycles. The summed E-state index contributed by atoms with van der Waals surface area (Å²) in [6.07, 6.45) is 0. The molecule has 3 aromatic heterocycles. The first-order chi connectivity index (χ1) is 23.3. The van der Waals surface area contributed by atoms with Crippen LogP contribution in [0.4, 0.5) is 0 Å². The molecule has 0 saturated carbocycles. The molecule has 7 aromatic carbocycles. The summed E-state index contributed by atoms with van der Waals surface area (Å²) in [4.78, 5) is 5.17. The molecule has 10 aromatic rings. The molecule has 0 spiro atoms. The monoisotopic (exact) mass is 616 g/mol. The van der Waals surface area contributed by atoms with Crippen LogP contribution in [0.1, 0.15) is 0 Å². The number of benzene rings is 7. The lowest BCUT2D eigenvalue weighted by Crippen LogP contribution is -1.95. The second-order valence-electron chi connectivity index (χ2n) is 12.3. The Kier molecular flexibility index (Phi) is 4.99. The van der Waals surface area contributed by atoms with Crippen molar-refractivity contribution in [1.82, 2.24) is 9.55 Å². The zero-order valence-corrected chi connectivity index (χ0v) is 25.9. The Balaban J connectivity index is 1.19. The summed E-state index contributed by atoms with van der Waals surface area (Å²) < 4.78 is 11.9. The summed E-state index contributed by atoms with van der Waals surface area (Å²) in [5.41, 5.74) is 9.94. The number of hydrogen-bond donors (Lipinski definition) is 0. The predicted molar refractivity (Wildman–Crippen MR) is 197 cm³/mol. The molecule has 4 heteroatoms. The highest BCUT2D eigenvalue weighted by Crippen LogP contribution is 2.51. The highest BCUT2D eigenvalue weighted by atomic mass is 32.1. The van der Waals surface area contributed by atoms with Crippen LogP contribution in [-0.4, -0.2) is 9.55 Å². The number of hydrogen-bond acceptors (Lipinski definition) is 3.